The van der Waals surface area contributed by atoms with Crippen molar-refractivity contribution >= 4 is 5.97 Å². The molecule has 1 unspecified atom stereocenters. The van der Waals surface area contributed by atoms with Crippen LogP contribution in [0.15, 0.2) is 30.3 Å². The van der Waals surface area contributed by atoms with E-state index in [4.69, 9.17) is 14.2 Å². The highest BCUT2D eigenvalue weighted by Crippen LogP contribution is 2.25. The molecule has 0 aliphatic carbocycles. The lowest BCUT2D eigenvalue weighted by Crippen LogP contribution is -2.39. The predicted octanol–water partition coefficient (Wildman–Crippen LogP) is 0.325. The Morgan fingerprint density at radius 3 is 2.45 bits per heavy atom. The number of aliphatic hydroxyl groups is 2. The van der Waals surface area contributed by atoms with Gasteiger partial charge in [-0.05, 0) is 19.1 Å². The quantitative estimate of drug-likeness (QED) is 0.774. The van der Waals surface area contributed by atoms with E-state index in [1.165, 1.54) is 7.11 Å². The second-order valence-corrected chi connectivity index (χ2v) is 4.66. The molecule has 0 saturated carbocycles. The van der Waals surface area contributed by atoms with Gasteiger partial charge in [-0.15, -0.1) is 0 Å². The SMILES string of the molecule is CO[C@H]1O[C@H](C(C)OC(=O)c2ccccc2)[C@@H](O)[C@H]1O. The van der Waals surface area contributed by atoms with Crippen LogP contribution in [0.4, 0.5) is 0 Å². The molecule has 2 N–H and O–H groups in total. The Morgan fingerprint density at radius 2 is 1.90 bits per heavy atom. The molecule has 0 radical (unpaired) electrons. The first kappa shape index (κ1) is 14.9. The molecule has 5 atom stereocenters. The van der Waals surface area contributed by atoms with E-state index in [1.54, 1.807) is 37.3 Å². The van der Waals surface area contributed by atoms with Crippen molar-refractivity contribution in [1.29, 1.82) is 0 Å². The van der Waals surface area contributed by atoms with Gasteiger partial charge in [0.2, 0.25) is 0 Å². The summed E-state index contributed by atoms with van der Waals surface area (Å²) in [5.74, 6) is -0.510. The fourth-order valence-corrected chi connectivity index (χ4v) is 2.13. The minimum atomic E-state index is -1.17. The normalized spacial score (nSPS) is 31.0. The molecule has 1 fully saturated rings. The van der Waals surface area contributed by atoms with Gasteiger partial charge >= 0.3 is 5.97 Å². The van der Waals surface area contributed by atoms with Crippen molar-refractivity contribution in [3.05, 3.63) is 35.9 Å². The standard InChI is InChI=1S/C14H18O6/c1-8(12-10(15)11(16)14(18-2)20-12)19-13(17)9-6-4-3-5-7-9/h3-8,10-12,14-16H,1-2H3/t8?,10-,11+,12+,14-/m0/s1. The van der Waals surface area contributed by atoms with Crippen LogP contribution >= 0.6 is 0 Å². The molecule has 0 aromatic heterocycles. The van der Waals surface area contributed by atoms with Crippen LogP contribution in [-0.2, 0) is 14.2 Å². The van der Waals surface area contributed by atoms with Crippen molar-refractivity contribution in [3.8, 4) is 0 Å². The molecule has 2 rings (SSSR count). The third-order valence-corrected chi connectivity index (χ3v) is 3.25. The molecule has 1 aliphatic rings. The predicted molar refractivity (Wildman–Crippen MR) is 69.0 cm³/mol. The summed E-state index contributed by atoms with van der Waals surface area (Å²) in [6.45, 7) is 1.60. The first-order valence-electron chi connectivity index (χ1n) is 6.35. The number of esters is 1. The van der Waals surface area contributed by atoms with Gasteiger partial charge in [-0.3, -0.25) is 0 Å². The molecular weight excluding hydrogens is 264 g/mol. The van der Waals surface area contributed by atoms with Crippen LogP contribution in [0.1, 0.15) is 17.3 Å². The summed E-state index contributed by atoms with van der Waals surface area (Å²) >= 11 is 0. The van der Waals surface area contributed by atoms with Crippen molar-refractivity contribution in [1.82, 2.24) is 0 Å². The number of hydrogen-bond donors (Lipinski definition) is 2. The third kappa shape index (κ3) is 2.99. The Labute approximate surface area is 116 Å². The van der Waals surface area contributed by atoms with E-state index < -0.39 is 36.7 Å². The van der Waals surface area contributed by atoms with Gasteiger partial charge in [0.1, 0.15) is 24.4 Å². The summed E-state index contributed by atoms with van der Waals surface area (Å²) in [5, 5.41) is 19.6. The van der Waals surface area contributed by atoms with Gasteiger partial charge < -0.3 is 24.4 Å². The minimum Gasteiger partial charge on any atom is -0.456 e. The van der Waals surface area contributed by atoms with Gasteiger partial charge in [0.25, 0.3) is 0 Å². The number of hydrogen-bond acceptors (Lipinski definition) is 6. The van der Waals surface area contributed by atoms with Crippen LogP contribution in [-0.4, -0.2) is 54.0 Å². The van der Waals surface area contributed by atoms with Gasteiger partial charge in [-0.1, -0.05) is 18.2 Å². The zero-order valence-corrected chi connectivity index (χ0v) is 11.3. The molecule has 6 heteroatoms. The second-order valence-electron chi connectivity index (χ2n) is 4.66. The lowest BCUT2D eigenvalue weighted by Gasteiger charge is -2.22. The molecule has 0 amide bonds. The molecule has 1 aromatic rings. The van der Waals surface area contributed by atoms with Crippen LogP contribution in [0.25, 0.3) is 0 Å². The van der Waals surface area contributed by atoms with Gasteiger partial charge in [-0.25, -0.2) is 4.79 Å². The van der Waals surface area contributed by atoms with E-state index >= 15 is 0 Å². The van der Waals surface area contributed by atoms with E-state index in [1.807, 2.05) is 0 Å². The van der Waals surface area contributed by atoms with Crippen molar-refractivity contribution in [2.75, 3.05) is 7.11 Å². The lowest BCUT2D eigenvalue weighted by molar-refractivity contribution is -0.162. The van der Waals surface area contributed by atoms with Crippen molar-refractivity contribution in [2.24, 2.45) is 0 Å². The summed E-state index contributed by atoms with van der Waals surface area (Å²) in [6.07, 6.45) is -4.80. The number of rotatable bonds is 4. The molecule has 1 aromatic carbocycles. The Balaban J connectivity index is 1.99. The maximum absolute atomic E-state index is 11.9. The summed E-state index contributed by atoms with van der Waals surface area (Å²) in [6, 6.07) is 8.52. The lowest BCUT2D eigenvalue weighted by atomic mass is 10.1. The molecule has 20 heavy (non-hydrogen) atoms. The fraction of sp³-hybridized carbons (Fsp3) is 0.500. The summed E-state index contributed by atoms with van der Waals surface area (Å²) in [7, 11) is 1.36. The molecule has 1 heterocycles. The molecule has 1 aliphatic heterocycles. The Morgan fingerprint density at radius 1 is 1.25 bits per heavy atom. The first-order valence-corrected chi connectivity index (χ1v) is 6.35. The van der Waals surface area contributed by atoms with Gasteiger partial charge in [0, 0.05) is 7.11 Å². The van der Waals surface area contributed by atoms with E-state index in [2.05, 4.69) is 0 Å². The largest absolute Gasteiger partial charge is 0.456 e. The Bertz CT molecular complexity index is 448. The Kier molecular flexibility index (Phi) is 4.72. The molecule has 0 bridgehead atoms. The van der Waals surface area contributed by atoms with E-state index in [0.29, 0.717) is 5.56 Å². The van der Waals surface area contributed by atoms with Gasteiger partial charge in [0.05, 0.1) is 5.56 Å². The maximum Gasteiger partial charge on any atom is 0.338 e. The second kappa shape index (κ2) is 6.32. The zero-order valence-electron chi connectivity index (χ0n) is 11.3. The fourth-order valence-electron chi connectivity index (χ4n) is 2.13. The number of aliphatic hydroxyl groups excluding tert-OH is 2. The smallest absolute Gasteiger partial charge is 0.338 e. The zero-order chi connectivity index (χ0) is 14.7. The number of carbonyl (C=O) groups is 1. The minimum absolute atomic E-state index is 0.413. The van der Waals surface area contributed by atoms with E-state index in [9.17, 15) is 15.0 Å². The topological polar surface area (TPSA) is 85.2 Å². The van der Waals surface area contributed by atoms with Crippen LogP contribution < -0.4 is 0 Å². The molecule has 6 nitrogen and oxygen atoms in total. The first-order chi connectivity index (χ1) is 9.54. The highest BCUT2D eigenvalue weighted by Gasteiger charge is 2.46. The van der Waals surface area contributed by atoms with Crippen molar-refractivity contribution < 1.29 is 29.2 Å². The summed E-state index contributed by atoms with van der Waals surface area (Å²) in [5.41, 5.74) is 0.413. The highest BCUT2D eigenvalue weighted by atomic mass is 16.7. The summed E-state index contributed by atoms with van der Waals surface area (Å²) in [4.78, 5) is 11.9. The van der Waals surface area contributed by atoms with E-state index in [0.717, 1.165) is 0 Å². The van der Waals surface area contributed by atoms with Crippen molar-refractivity contribution in [2.45, 2.75) is 37.6 Å². The van der Waals surface area contributed by atoms with E-state index in [-0.39, 0.29) is 0 Å². The molecule has 110 valence electrons. The maximum atomic E-state index is 11.9. The van der Waals surface area contributed by atoms with Crippen LogP contribution in [0, 0.1) is 0 Å². The summed E-state index contributed by atoms with van der Waals surface area (Å²) < 4.78 is 15.5. The number of carbonyl (C=O) groups excluding carboxylic acids is 1. The molecule has 0 spiro atoms. The number of ether oxygens (including phenoxy) is 3. The average molecular weight is 282 g/mol. The van der Waals surface area contributed by atoms with Crippen LogP contribution in [0.2, 0.25) is 0 Å². The average Bonchev–Trinajstić information content (AvgIpc) is 2.76. The van der Waals surface area contributed by atoms with Crippen molar-refractivity contribution in [3.63, 3.8) is 0 Å². The number of benzene rings is 1. The van der Waals surface area contributed by atoms with Gasteiger partial charge in [-0.2, -0.15) is 0 Å². The highest BCUT2D eigenvalue weighted by molar-refractivity contribution is 5.89. The monoisotopic (exact) mass is 282 g/mol. The molecule has 1 saturated heterocycles. The van der Waals surface area contributed by atoms with Gasteiger partial charge in [0.15, 0.2) is 6.29 Å². The van der Waals surface area contributed by atoms with Crippen LogP contribution in [0.3, 0.4) is 0 Å². The third-order valence-electron chi connectivity index (χ3n) is 3.25. The molecular formula is C14H18O6. The van der Waals surface area contributed by atoms with Crippen LogP contribution in [0.5, 0.6) is 0 Å². The Hall–Kier alpha value is -1.47. The number of methoxy groups -OCH3 is 1.